The predicted octanol–water partition coefficient (Wildman–Crippen LogP) is 3.69. The maximum absolute atomic E-state index is 12.0. The monoisotopic (exact) mass is 370 g/mol. The zero-order chi connectivity index (χ0) is 17.6. The van der Waals surface area contributed by atoms with Crippen molar-refractivity contribution >= 4 is 45.0 Å². The van der Waals surface area contributed by atoms with Crippen LogP contribution in [0.15, 0.2) is 40.9 Å². The highest BCUT2D eigenvalue weighted by molar-refractivity contribution is 8.00. The molecule has 0 aliphatic heterocycles. The SMILES string of the molecule is CCOc1ccc2cc(C#N)c(SCC(=O)Nc3nccs3)nc2c1. The van der Waals surface area contributed by atoms with Crippen LogP contribution < -0.4 is 10.1 Å². The maximum Gasteiger partial charge on any atom is 0.236 e. The molecule has 0 bridgehead atoms. The van der Waals surface area contributed by atoms with Crippen LogP contribution in [-0.4, -0.2) is 28.2 Å². The van der Waals surface area contributed by atoms with Gasteiger partial charge < -0.3 is 10.1 Å². The first-order valence-corrected chi connectivity index (χ1v) is 9.36. The van der Waals surface area contributed by atoms with Gasteiger partial charge in [-0.1, -0.05) is 11.8 Å². The Bertz CT molecular complexity index is 936. The van der Waals surface area contributed by atoms with Gasteiger partial charge in [0.05, 0.1) is 23.4 Å². The summed E-state index contributed by atoms with van der Waals surface area (Å²) in [4.78, 5) is 20.5. The molecule has 1 N–H and O–H groups in total. The number of nitriles is 1. The van der Waals surface area contributed by atoms with E-state index in [0.717, 1.165) is 16.7 Å². The van der Waals surface area contributed by atoms with E-state index in [9.17, 15) is 10.1 Å². The Labute approximate surface area is 152 Å². The Morgan fingerprint density at radius 2 is 2.32 bits per heavy atom. The van der Waals surface area contributed by atoms with E-state index in [0.29, 0.717) is 22.3 Å². The maximum atomic E-state index is 12.0. The van der Waals surface area contributed by atoms with E-state index >= 15 is 0 Å². The van der Waals surface area contributed by atoms with Gasteiger partial charge in [-0.05, 0) is 25.1 Å². The molecule has 3 rings (SSSR count). The lowest BCUT2D eigenvalue weighted by Gasteiger charge is -2.08. The van der Waals surface area contributed by atoms with Gasteiger partial charge in [0.1, 0.15) is 16.8 Å². The van der Waals surface area contributed by atoms with E-state index in [1.807, 2.05) is 25.1 Å². The Morgan fingerprint density at radius 1 is 1.44 bits per heavy atom. The molecule has 2 aromatic heterocycles. The first-order chi connectivity index (χ1) is 12.2. The number of pyridine rings is 1. The van der Waals surface area contributed by atoms with Crippen LogP contribution in [0.2, 0.25) is 0 Å². The third-order valence-corrected chi connectivity index (χ3v) is 4.88. The van der Waals surface area contributed by atoms with Crippen LogP contribution in [-0.2, 0) is 4.79 Å². The number of amides is 1. The molecule has 0 aliphatic carbocycles. The Kier molecular flexibility index (Phi) is 5.48. The number of aromatic nitrogens is 2. The highest BCUT2D eigenvalue weighted by Crippen LogP contribution is 2.27. The molecule has 6 nitrogen and oxygen atoms in total. The molecule has 3 aromatic rings. The molecule has 0 saturated heterocycles. The van der Waals surface area contributed by atoms with E-state index < -0.39 is 0 Å². The predicted molar refractivity (Wildman–Crippen MR) is 99.1 cm³/mol. The van der Waals surface area contributed by atoms with Crippen molar-refractivity contribution in [1.29, 1.82) is 5.26 Å². The number of thioether (sulfide) groups is 1. The number of thiazole rings is 1. The summed E-state index contributed by atoms with van der Waals surface area (Å²) in [5, 5.41) is 15.8. The molecular weight excluding hydrogens is 356 g/mol. The Morgan fingerprint density at radius 3 is 3.04 bits per heavy atom. The summed E-state index contributed by atoms with van der Waals surface area (Å²) in [7, 11) is 0. The molecule has 8 heteroatoms. The number of rotatable bonds is 6. The molecule has 1 amide bonds. The molecule has 0 saturated carbocycles. The van der Waals surface area contributed by atoms with Crippen LogP contribution in [0.4, 0.5) is 5.13 Å². The molecule has 0 radical (unpaired) electrons. The first kappa shape index (κ1) is 17.2. The number of nitrogens with zero attached hydrogens (tertiary/aromatic N) is 3. The summed E-state index contributed by atoms with van der Waals surface area (Å²) >= 11 is 2.58. The van der Waals surface area contributed by atoms with E-state index in [1.165, 1.54) is 23.1 Å². The van der Waals surface area contributed by atoms with Gasteiger partial charge in [0, 0.05) is 23.0 Å². The second-order valence-corrected chi connectivity index (χ2v) is 6.77. The lowest BCUT2D eigenvalue weighted by molar-refractivity contribution is -0.113. The van der Waals surface area contributed by atoms with Gasteiger partial charge in [0.15, 0.2) is 5.13 Å². The van der Waals surface area contributed by atoms with Gasteiger partial charge in [-0.25, -0.2) is 9.97 Å². The van der Waals surface area contributed by atoms with Crippen molar-refractivity contribution in [3.8, 4) is 11.8 Å². The zero-order valence-corrected chi connectivity index (χ0v) is 15.0. The van der Waals surface area contributed by atoms with Gasteiger partial charge in [-0.3, -0.25) is 4.79 Å². The standard InChI is InChI=1S/C17H14N4O2S2/c1-2-23-13-4-3-11-7-12(9-18)16(20-14(11)8-13)25-10-15(22)21-17-19-5-6-24-17/h3-8H,2,10H2,1H3,(H,19,21,22). The fourth-order valence-electron chi connectivity index (χ4n) is 2.15. The third kappa shape index (κ3) is 4.26. The molecule has 0 spiro atoms. The van der Waals surface area contributed by atoms with Gasteiger partial charge in [-0.2, -0.15) is 5.26 Å². The number of anilines is 1. The second-order valence-electron chi connectivity index (χ2n) is 4.91. The van der Waals surface area contributed by atoms with Crippen molar-refractivity contribution in [1.82, 2.24) is 9.97 Å². The van der Waals surface area contributed by atoms with E-state index in [2.05, 4.69) is 21.4 Å². The summed E-state index contributed by atoms with van der Waals surface area (Å²) in [6.07, 6.45) is 1.63. The molecule has 25 heavy (non-hydrogen) atoms. The van der Waals surface area contributed by atoms with Crippen LogP contribution in [0.25, 0.3) is 10.9 Å². The van der Waals surface area contributed by atoms with E-state index in [1.54, 1.807) is 17.6 Å². The largest absolute Gasteiger partial charge is 0.494 e. The molecule has 1 aromatic carbocycles. The highest BCUT2D eigenvalue weighted by atomic mass is 32.2. The van der Waals surface area contributed by atoms with Crippen LogP contribution in [0.1, 0.15) is 12.5 Å². The summed E-state index contributed by atoms with van der Waals surface area (Å²) in [5.74, 6) is 0.691. The Balaban J connectivity index is 1.79. The number of ether oxygens (including phenoxy) is 1. The first-order valence-electron chi connectivity index (χ1n) is 7.49. The summed E-state index contributed by atoms with van der Waals surface area (Å²) in [6.45, 7) is 2.49. The number of nitrogens with one attached hydrogen (secondary N) is 1. The number of carbonyl (C=O) groups is 1. The average Bonchev–Trinajstić information content (AvgIpc) is 3.12. The van der Waals surface area contributed by atoms with Crippen molar-refractivity contribution in [2.75, 3.05) is 17.7 Å². The normalized spacial score (nSPS) is 10.4. The van der Waals surface area contributed by atoms with E-state index in [-0.39, 0.29) is 11.7 Å². The highest BCUT2D eigenvalue weighted by Gasteiger charge is 2.11. The van der Waals surface area contributed by atoms with Crippen molar-refractivity contribution in [2.45, 2.75) is 11.9 Å². The van der Waals surface area contributed by atoms with Gasteiger partial charge >= 0.3 is 0 Å². The van der Waals surface area contributed by atoms with Crippen LogP contribution in [0.3, 0.4) is 0 Å². The fourth-order valence-corrected chi connectivity index (χ4v) is 3.46. The Hall–Kier alpha value is -2.63. The number of benzene rings is 1. The molecule has 0 atom stereocenters. The fraction of sp³-hybridized carbons (Fsp3) is 0.176. The summed E-state index contributed by atoms with van der Waals surface area (Å²) in [5.41, 5.74) is 1.18. The summed E-state index contributed by atoms with van der Waals surface area (Å²) in [6, 6.07) is 9.47. The van der Waals surface area contributed by atoms with Gasteiger partial charge in [-0.15, -0.1) is 11.3 Å². The average molecular weight is 370 g/mol. The lowest BCUT2D eigenvalue weighted by atomic mass is 10.1. The van der Waals surface area contributed by atoms with Crippen molar-refractivity contribution in [3.05, 3.63) is 41.4 Å². The van der Waals surface area contributed by atoms with Crippen molar-refractivity contribution < 1.29 is 9.53 Å². The minimum Gasteiger partial charge on any atom is -0.494 e. The molecule has 2 heterocycles. The zero-order valence-electron chi connectivity index (χ0n) is 13.4. The van der Waals surface area contributed by atoms with Crippen molar-refractivity contribution in [3.63, 3.8) is 0 Å². The van der Waals surface area contributed by atoms with Crippen molar-refractivity contribution in [2.24, 2.45) is 0 Å². The van der Waals surface area contributed by atoms with Gasteiger partial charge in [0.25, 0.3) is 0 Å². The summed E-state index contributed by atoms with van der Waals surface area (Å²) < 4.78 is 5.49. The van der Waals surface area contributed by atoms with Crippen LogP contribution in [0, 0.1) is 11.3 Å². The quantitative estimate of drug-likeness (QED) is 0.666. The minimum absolute atomic E-state index is 0.151. The number of fused-ring (bicyclic) bond motifs is 1. The molecule has 126 valence electrons. The minimum atomic E-state index is -0.186. The molecule has 0 unspecified atom stereocenters. The molecule has 0 aliphatic rings. The van der Waals surface area contributed by atoms with Gasteiger partial charge in [0.2, 0.25) is 5.91 Å². The molecule has 0 fully saturated rings. The number of hydrogen-bond acceptors (Lipinski definition) is 7. The van der Waals surface area contributed by atoms with E-state index in [4.69, 9.17) is 4.74 Å². The molecular formula is C17H14N4O2S2. The number of hydrogen-bond donors (Lipinski definition) is 1. The number of carbonyl (C=O) groups excluding carboxylic acids is 1. The lowest BCUT2D eigenvalue weighted by Crippen LogP contribution is -2.14. The van der Waals surface area contributed by atoms with Crippen LogP contribution >= 0.6 is 23.1 Å². The second kappa shape index (κ2) is 7.96. The van der Waals surface area contributed by atoms with Crippen LogP contribution in [0.5, 0.6) is 5.75 Å². The topological polar surface area (TPSA) is 87.9 Å². The third-order valence-electron chi connectivity index (χ3n) is 3.20. The smallest absolute Gasteiger partial charge is 0.236 e.